The van der Waals surface area contributed by atoms with Crippen LogP contribution in [0.5, 0.6) is 11.5 Å². The normalized spacial score (nSPS) is 11.0. The summed E-state index contributed by atoms with van der Waals surface area (Å²) < 4.78 is 10.9. The number of aliphatic imine (C=N–C) groups is 1. The second kappa shape index (κ2) is 12.4. The summed E-state index contributed by atoms with van der Waals surface area (Å²) >= 11 is 0. The van der Waals surface area contributed by atoms with Gasteiger partial charge in [-0.25, -0.2) is 0 Å². The predicted molar refractivity (Wildman–Crippen MR) is 122 cm³/mol. The molecule has 0 aliphatic heterocycles. The summed E-state index contributed by atoms with van der Waals surface area (Å²) in [6.07, 6.45) is 2.05. The number of nitrogens with one attached hydrogen (secondary N) is 3. The topological polar surface area (TPSA) is 84.0 Å². The predicted octanol–water partition coefficient (Wildman–Crippen LogP) is 3.81. The molecular formula is C23H32N4O3. The molecule has 1 amide bonds. The van der Waals surface area contributed by atoms with Gasteiger partial charge in [-0.3, -0.25) is 9.79 Å². The van der Waals surface area contributed by atoms with Gasteiger partial charge in [0.15, 0.2) is 17.5 Å². The van der Waals surface area contributed by atoms with Crippen molar-refractivity contribution in [3.63, 3.8) is 0 Å². The first-order valence-corrected chi connectivity index (χ1v) is 10.3. The van der Waals surface area contributed by atoms with Crippen molar-refractivity contribution in [2.45, 2.75) is 33.2 Å². The highest BCUT2D eigenvalue weighted by Crippen LogP contribution is 2.30. The summed E-state index contributed by atoms with van der Waals surface area (Å²) in [5.74, 6) is 1.95. The number of methoxy groups -OCH3 is 1. The molecular weight excluding hydrogens is 380 g/mol. The van der Waals surface area contributed by atoms with Gasteiger partial charge in [0.05, 0.1) is 13.7 Å². The van der Waals surface area contributed by atoms with Gasteiger partial charge in [0, 0.05) is 37.5 Å². The highest BCUT2D eigenvalue weighted by Gasteiger charge is 2.08. The molecule has 0 radical (unpaired) electrons. The maximum Gasteiger partial charge on any atom is 0.251 e. The summed E-state index contributed by atoms with van der Waals surface area (Å²) in [4.78, 5) is 16.3. The van der Waals surface area contributed by atoms with E-state index in [9.17, 15) is 4.79 Å². The maximum absolute atomic E-state index is 12.1. The number of anilines is 1. The molecule has 2 aromatic rings. The van der Waals surface area contributed by atoms with Crippen LogP contribution in [-0.4, -0.2) is 39.2 Å². The van der Waals surface area contributed by atoms with Crippen LogP contribution in [0.4, 0.5) is 5.69 Å². The molecule has 0 aliphatic carbocycles. The van der Waals surface area contributed by atoms with Crippen LogP contribution >= 0.6 is 0 Å². The Hall–Kier alpha value is -3.22. The Labute approximate surface area is 178 Å². The molecule has 0 saturated heterocycles. The lowest BCUT2D eigenvalue weighted by molar-refractivity contribution is 0.0953. The van der Waals surface area contributed by atoms with Gasteiger partial charge in [-0.15, -0.1) is 0 Å². The van der Waals surface area contributed by atoms with E-state index in [4.69, 9.17) is 9.47 Å². The molecule has 0 atom stereocenters. The number of hydrogen-bond donors (Lipinski definition) is 3. The van der Waals surface area contributed by atoms with Crippen LogP contribution in [0.15, 0.2) is 47.5 Å². The Morgan fingerprint density at radius 3 is 2.43 bits per heavy atom. The number of benzene rings is 2. The van der Waals surface area contributed by atoms with Crippen molar-refractivity contribution >= 4 is 17.6 Å². The van der Waals surface area contributed by atoms with Gasteiger partial charge >= 0.3 is 0 Å². The lowest BCUT2D eigenvalue weighted by Crippen LogP contribution is -2.30. The number of guanidine groups is 1. The summed E-state index contributed by atoms with van der Waals surface area (Å²) in [5, 5.41) is 9.43. The molecule has 0 bridgehead atoms. The van der Waals surface area contributed by atoms with E-state index in [2.05, 4.69) is 27.9 Å². The van der Waals surface area contributed by atoms with E-state index < -0.39 is 0 Å². The number of ether oxygens (including phenoxy) is 2. The Balaban J connectivity index is 1.92. The van der Waals surface area contributed by atoms with Gasteiger partial charge in [0.1, 0.15) is 0 Å². The van der Waals surface area contributed by atoms with Crippen LogP contribution in [0.25, 0.3) is 0 Å². The average molecular weight is 413 g/mol. The van der Waals surface area contributed by atoms with Gasteiger partial charge in [-0.05, 0) is 43.2 Å². The molecule has 0 unspecified atom stereocenters. The number of nitrogens with zero attached hydrogens (tertiary/aromatic N) is 1. The van der Waals surface area contributed by atoms with Crippen LogP contribution < -0.4 is 25.4 Å². The first-order chi connectivity index (χ1) is 14.6. The standard InChI is InChI=1S/C23H32N4O3/c1-5-7-14-25-22(28)18-10-8-17(9-11-18)16-26-23(24-3)27-19-12-13-20(30-6-2)21(15-19)29-4/h8-13,15H,5-7,14,16H2,1-4H3,(H,25,28)(H2,24,26,27). The van der Waals surface area contributed by atoms with Gasteiger partial charge in [-0.2, -0.15) is 0 Å². The molecule has 7 nitrogen and oxygen atoms in total. The van der Waals surface area contributed by atoms with Crippen LogP contribution in [-0.2, 0) is 6.54 Å². The third-order valence-corrected chi connectivity index (χ3v) is 4.44. The van der Waals surface area contributed by atoms with E-state index in [0.717, 1.165) is 24.1 Å². The molecule has 0 aromatic heterocycles. The summed E-state index contributed by atoms with van der Waals surface area (Å²) in [6.45, 7) is 5.89. The fourth-order valence-corrected chi connectivity index (χ4v) is 2.78. The monoisotopic (exact) mass is 412 g/mol. The van der Waals surface area contributed by atoms with Gasteiger partial charge in [-0.1, -0.05) is 25.5 Å². The largest absolute Gasteiger partial charge is 0.493 e. The molecule has 0 spiro atoms. The number of carbonyl (C=O) groups excluding carboxylic acids is 1. The van der Waals surface area contributed by atoms with Gasteiger partial charge < -0.3 is 25.4 Å². The van der Waals surface area contributed by atoms with E-state index in [0.29, 0.717) is 42.7 Å². The second-order valence-electron chi connectivity index (χ2n) is 6.66. The molecule has 2 aromatic carbocycles. The molecule has 2 rings (SSSR count). The molecule has 162 valence electrons. The first-order valence-electron chi connectivity index (χ1n) is 10.3. The molecule has 0 aliphatic rings. The van der Waals surface area contributed by atoms with E-state index in [1.807, 2.05) is 49.4 Å². The smallest absolute Gasteiger partial charge is 0.251 e. The number of rotatable bonds is 10. The quantitative estimate of drug-likeness (QED) is 0.314. The van der Waals surface area contributed by atoms with Crippen molar-refractivity contribution in [2.75, 3.05) is 32.6 Å². The third kappa shape index (κ3) is 6.99. The zero-order valence-corrected chi connectivity index (χ0v) is 18.2. The summed E-state index contributed by atoms with van der Waals surface area (Å²) in [6, 6.07) is 13.2. The minimum atomic E-state index is -0.0371. The zero-order valence-electron chi connectivity index (χ0n) is 18.2. The first kappa shape index (κ1) is 23.1. The number of hydrogen-bond acceptors (Lipinski definition) is 4. The van der Waals surface area contributed by atoms with E-state index in [1.54, 1.807) is 14.2 Å². The Kier molecular flexibility index (Phi) is 9.51. The fraction of sp³-hybridized carbons (Fsp3) is 0.391. The molecule has 0 heterocycles. The summed E-state index contributed by atoms with van der Waals surface area (Å²) in [5.41, 5.74) is 2.55. The Morgan fingerprint density at radius 1 is 1.03 bits per heavy atom. The van der Waals surface area contributed by atoms with Gasteiger partial charge in [0.25, 0.3) is 5.91 Å². The highest BCUT2D eigenvalue weighted by molar-refractivity contribution is 5.94. The maximum atomic E-state index is 12.1. The SMILES string of the molecule is CCCCNC(=O)c1ccc(CNC(=NC)Nc2ccc(OCC)c(OC)c2)cc1. The molecule has 0 saturated carbocycles. The Bertz CT molecular complexity index is 835. The van der Waals surface area contributed by atoms with Gasteiger partial charge in [0.2, 0.25) is 0 Å². The lowest BCUT2D eigenvalue weighted by atomic mass is 10.1. The number of unbranched alkanes of at least 4 members (excludes halogenated alkanes) is 1. The van der Waals surface area contributed by atoms with E-state index in [-0.39, 0.29) is 5.91 Å². The van der Waals surface area contributed by atoms with E-state index in [1.165, 1.54) is 0 Å². The lowest BCUT2D eigenvalue weighted by Gasteiger charge is -2.15. The summed E-state index contributed by atoms with van der Waals surface area (Å²) in [7, 11) is 3.33. The molecule has 0 fully saturated rings. The number of carbonyl (C=O) groups is 1. The van der Waals surface area contributed by atoms with E-state index >= 15 is 0 Å². The molecule has 3 N–H and O–H groups in total. The Morgan fingerprint density at radius 2 is 1.80 bits per heavy atom. The van der Waals surface area contributed by atoms with Crippen molar-refractivity contribution in [2.24, 2.45) is 4.99 Å². The fourth-order valence-electron chi connectivity index (χ4n) is 2.78. The third-order valence-electron chi connectivity index (χ3n) is 4.44. The number of amides is 1. The second-order valence-corrected chi connectivity index (χ2v) is 6.66. The van der Waals surface area contributed by atoms with Crippen LogP contribution in [0.3, 0.4) is 0 Å². The molecule has 7 heteroatoms. The highest BCUT2D eigenvalue weighted by atomic mass is 16.5. The van der Waals surface area contributed by atoms with Crippen molar-refractivity contribution < 1.29 is 14.3 Å². The molecule has 30 heavy (non-hydrogen) atoms. The zero-order chi connectivity index (χ0) is 21.8. The van der Waals surface area contributed by atoms with Crippen LogP contribution in [0, 0.1) is 0 Å². The van der Waals surface area contributed by atoms with Crippen molar-refractivity contribution in [3.8, 4) is 11.5 Å². The van der Waals surface area contributed by atoms with Crippen molar-refractivity contribution in [3.05, 3.63) is 53.6 Å². The van der Waals surface area contributed by atoms with Crippen LogP contribution in [0.2, 0.25) is 0 Å². The van der Waals surface area contributed by atoms with Crippen LogP contribution in [0.1, 0.15) is 42.6 Å². The minimum Gasteiger partial charge on any atom is -0.493 e. The average Bonchev–Trinajstić information content (AvgIpc) is 2.78. The van der Waals surface area contributed by atoms with Crippen molar-refractivity contribution in [1.82, 2.24) is 10.6 Å². The minimum absolute atomic E-state index is 0.0371. The van der Waals surface area contributed by atoms with Crippen molar-refractivity contribution in [1.29, 1.82) is 0 Å².